The minimum atomic E-state index is -0.400. The van der Waals surface area contributed by atoms with Gasteiger partial charge in [-0.25, -0.2) is 4.79 Å². The zero-order valence-corrected chi connectivity index (χ0v) is 18.3. The van der Waals surface area contributed by atoms with E-state index in [-0.39, 0.29) is 23.8 Å². The number of hydrogen-bond acceptors (Lipinski definition) is 3. The van der Waals surface area contributed by atoms with Gasteiger partial charge < -0.3 is 20.9 Å². The topological polar surface area (TPSA) is 90.5 Å². The highest BCUT2D eigenvalue weighted by molar-refractivity contribution is 6.00. The Kier molecular flexibility index (Phi) is 6.95. The van der Waals surface area contributed by atoms with Crippen LogP contribution >= 0.6 is 0 Å². The van der Waals surface area contributed by atoms with Crippen molar-refractivity contribution in [1.29, 1.82) is 0 Å². The van der Waals surface area contributed by atoms with Crippen LogP contribution in [0.2, 0.25) is 0 Å². The van der Waals surface area contributed by atoms with Crippen molar-refractivity contribution in [3.63, 3.8) is 0 Å². The predicted octanol–water partition coefficient (Wildman–Crippen LogP) is 4.55. The average molecular weight is 423 g/mol. The molecule has 0 saturated carbocycles. The molecule has 1 aliphatic heterocycles. The zero-order valence-electron chi connectivity index (χ0n) is 18.3. The molecule has 2 aromatic rings. The maximum absolute atomic E-state index is 12.6. The molecule has 7 heteroatoms. The van der Waals surface area contributed by atoms with Crippen LogP contribution in [0.15, 0.2) is 54.6 Å². The van der Waals surface area contributed by atoms with E-state index >= 15 is 0 Å². The van der Waals surface area contributed by atoms with Crippen LogP contribution in [0.25, 0.3) is 0 Å². The van der Waals surface area contributed by atoms with Gasteiger partial charge in [0, 0.05) is 41.5 Å². The Bertz CT molecular complexity index is 912. The van der Waals surface area contributed by atoms with Gasteiger partial charge in [0.05, 0.1) is 0 Å². The zero-order chi connectivity index (χ0) is 22.4. The second-order valence-electron chi connectivity index (χ2n) is 8.83. The van der Waals surface area contributed by atoms with E-state index in [0.717, 1.165) is 0 Å². The Morgan fingerprint density at radius 3 is 1.77 bits per heavy atom. The smallest absolute Gasteiger partial charge is 0.323 e. The van der Waals surface area contributed by atoms with Crippen molar-refractivity contribution < 1.29 is 14.4 Å². The molecular weight excluding hydrogens is 392 g/mol. The lowest BCUT2D eigenvalue weighted by Gasteiger charge is -2.35. The molecule has 3 N–H and O–H groups in total. The Labute approximate surface area is 183 Å². The molecule has 0 radical (unpaired) electrons. The molecule has 0 atom stereocenters. The fraction of sp³-hybridized carbons (Fsp3) is 0.375. The van der Waals surface area contributed by atoms with Crippen LogP contribution in [0.4, 0.5) is 21.9 Å². The third kappa shape index (κ3) is 6.31. The molecule has 0 aliphatic carbocycles. The summed E-state index contributed by atoms with van der Waals surface area (Å²) in [6.07, 6.45) is 1.32. The Morgan fingerprint density at radius 1 is 0.774 bits per heavy atom. The number of nitrogens with zero attached hydrogens (tertiary/aromatic N) is 1. The van der Waals surface area contributed by atoms with Gasteiger partial charge >= 0.3 is 6.03 Å². The van der Waals surface area contributed by atoms with Crippen LogP contribution < -0.4 is 16.0 Å². The van der Waals surface area contributed by atoms with Gasteiger partial charge in [-0.3, -0.25) is 9.59 Å². The number of likely N-dealkylation sites (tertiary alicyclic amines) is 1. The van der Waals surface area contributed by atoms with E-state index in [1.807, 2.05) is 56.0 Å². The Morgan fingerprint density at radius 2 is 1.26 bits per heavy atom. The molecule has 0 unspecified atom stereocenters. The third-order valence-corrected chi connectivity index (χ3v) is 5.24. The van der Waals surface area contributed by atoms with E-state index < -0.39 is 5.41 Å². The molecule has 1 aliphatic rings. The minimum absolute atomic E-state index is 0.0367. The van der Waals surface area contributed by atoms with Crippen LogP contribution in [0.3, 0.4) is 0 Å². The number of amides is 4. The first-order valence-corrected chi connectivity index (χ1v) is 10.6. The summed E-state index contributed by atoms with van der Waals surface area (Å²) in [6, 6.07) is 15.9. The van der Waals surface area contributed by atoms with E-state index in [0.29, 0.717) is 43.0 Å². The van der Waals surface area contributed by atoms with Crippen molar-refractivity contribution in [2.24, 2.45) is 11.3 Å². The number of anilines is 3. The number of benzene rings is 2. The second kappa shape index (κ2) is 9.64. The highest BCUT2D eigenvalue weighted by atomic mass is 16.2. The summed E-state index contributed by atoms with van der Waals surface area (Å²) in [7, 11) is 0. The van der Waals surface area contributed by atoms with E-state index in [1.165, 1.54) is 0 Å². The number of nitrogens with one attached hydrogen (secondary N) is 3. The van der Waals surface area contributed by atoms with Gasteiger partial charge in [-0.1, -0.05) is 39.0 Å². The van der Waals surface area contributed by atoms with Crippen LogP contribution in [-0.2, 0) is 9.59 Å². The highest BCUT2D eigenvalue weighted by Crippen LogP contribution is 2.25. The van der Waals surface area contributed by atoms with E-state index in [1.54, 1.807) is 24.3 Å². The number of para-hydroxylation sites is 1. The molecule has 0 bridgehead atoms. The van der Waals surface area contributed by atoms with Crippen LogP contribution in [0, 0.1) is 11.3 Å². The van der Waals surface area contributed by atoms with E-state index in [4.69, 9.17) is 0 Å². The van der Waals surface area contributed by atoms with Crippen LogP contribution in [-0.4, -0.2) is 35.8 Å². The lowest BCUT2D eigenvalue weighted by Crippen LogP contribution is -2.45. The Balaban J connectivity index is 1.47. The molecule has 31 heavy (non-hydrogen) atoms. The lowest BCUT2D eigenvalue weighted by molar-refractivity contribution is -0.142. The molecule has 3 rings (SSSR count). The monoisotopic (exact) mass is 422 g/mol. The van der Waals surface area contributed by atoms with Crippen molar-refractivity contribution in [3.05, 3.63) is 54.6 Å². The number of hydrogen-bond donors (Lipinski definition) is 3. The fourth-order valence-electron chi connectivity index (χ4n) is 3.52. The van der Waals surface area contributed by atoms with Crippen molar-refractivity contribution in [2.45, 2.75) is 33.6 Å². The Hall–Kier alpha value is -3.35. The van der Waals surface area contributed by atoms with Gasteiger partial charge in [0.25, 0.3) is 0 Å². The van der Waals surface area contributed by atoms with Gasteiger partial charge in [-0.05, 0) is 49.2 Å². The predicted molar refractivity (Wildman–Crippen MR) is 123 cm³/mol. The summed E-state index contributed by atoms with van der Waals surface area (Å²) in [4.78, 5) is 38.9. The van der Waals surface area contributed by atoms with Gasteiger partial charge in [0.1, 0.15) is 0 Å². The molecule has 2 aromatic carbocycles. The summed E-state index contributed by atoms with van der Waals surface area (Å²) < 4.78 is 0. The number of piperidine rings is 1. The highest BCUT2D eigenvalue weighted by Gasteiger charge is 2.32. The lowest BCUT2D eigenvalue weighted by atomic mass is 9.90. The number of carbonyl (C=O) groups is 3. The molecule has 1 saturated heterocycles. The van der Waals surface area contributed by atoms with Gasteiger partial charge in [0.2, 0.25) is 11.8 Å². The van der Waals surface area contributed by atoms with Crippen molar-refractivity contribution in [2.75, 3.05) is 29.0 Å². The van der Waals surface area contributed by atoms with Crippen molar-refractivity contribution in [3.8, 4) is 0 Å². The molecule has 0 spiro atoms. The first-order valence-electron chi connectivity index (χ1n) is 10.6. The number of rotatable bonds is 4. The van der Waals surface area contributed by atoms with Crippen LogP contribution in [0.5, 0.6) is 0 Å². The normalized spacial score (nSPS) is 14.6. The summed E-state index contributed by atoms with van der Waals surface area (Å²) >= 11 is 0. The summed E-state index contributed by atoms with van der Waals surface area (Å²) in [6.45, 7) is 6.95. The summed E-state index contributed by atoms with van der Waals surface area (Å²) in [5.41, 5.74) is 1.61. The standard InChI is InChI=1S/C24H30N4O3/c1-24(2,3)22(30)28-15-13-17(14-16-28)21(29)25-19-9-11-20(12-10-19)27-23(31)26-18-7-5-4-6-8-18/h4-12,17H,13-16H2,1-3H3,(H,25,29)(H2,26,27,31). The molecule has 4 amide bonds. The second-order valence-corrected chi connectivity index (χ2v) is 8.83. The first-order chi connectivity index (χ1) is 14.7. The molecule has 1 heterocycles. The van der Waals surface area contributed by atoms with Gasteiger partial charge in [0.15, 0.2) is 0 Å². The molecular formula is C24H30N4O3. The maximum atomic E-state index is 12.6. The first kappa shape index (κ1) is 22.3. The SMILES string of the molecule is CC(C)(C)C(=O)N1CCC(C(=O)Nc2ccc(NC(=O)Nc3ccccc3)cc2)CC1. The third-order valence-electron chi connectivity index (χ3n) is 5.24. The summed E-state index contributed by atoms with van der Waals surface area (Å²) in [5.74, 6) is -0.0189. The molecule has 0 aromatic heterocycles. The molecule has 164 valence electrons. The largest absolute Gasteiger partial charge is 0.342 e. The minimum Gasteiger partial charge on any atom is -0.342 e. The fourth-order valence-corrected chi connectivity index (χ4v) is 3.52. The number of urea groups is 1. The van der Waals surface area contributed by atoms with Crippen molar-refractivity contribution in [1.82, 2.24) is 4.90 Å². The van der Waals surface area contributed by atoms with E-state index in [9.17, 15) is 14.4 Å². The number of carbonyl (C=O) groups excluding carboxylic acids is 3. The average Bonchev–Trinajstić information content (AvgIpc) is 2.74. The molecule has 1 fully saturated rings. The maximum Gasteiger partial charge on any atom is 0.323 e. The summed E-state index contributed by atoms with van der Waals surface area (Å²) in [5, 5.41) is 8.45. The van der Waals surface area contributed by atoms with Crippen molar-refractivity contribution >= 4 is 34.9 Å². The van der Waals surface area contributed by atoms with Gasteiger partial charge in [-0.15, -0.1) is 0 Å². The molecule has 7 nitrogen and oxygen atoms in total. The van der Waals surface area contributed by atoms with E-state index in [2.05, 4.69) is 16.0 Å². The van der Waals surface area contributed by atoms with Crippen LogP contribution in [0.1, 0.15) is 33.6 Å². The van der Waals surface area contributed by atoms with Gasteiger partial charge in [-0.2, -0.15) is 0 Å². The quantitative estimate of drug-likeness (QED) is 0.675.